The third-order valence-corrected chi connectivity index (χ3v) is 3.32. The molecule has 5 nitrogen and oxygen atoms in total. The lowest BCUT2D eigenvalue weighted by Crippen LogP contribution is -2.45. The number of carbonyl (C=O) groups is 1. The van der Waals surface area contributed by atoms with Crippen LogP contribution in [0.2, 0.25) is 0 Å². The molecule has 21 heavy (non-hydrogen) atoms. The normalized spacial score (nSPS) is 11.3. The first-order valence-corrected chi connectivity index (χ1v) is 7.07. The highest BCUT2D eigenvalue weighted by atomic mass is 16.2. The Labute approximate surface area is 125 Å². The molecule has 0 unspecified atom stereocenters. The molecule has 0 aliphatic heterocycles. The average Bonchev–Trinajstić information content (AvgIpc) is 2.82. The minimum atomic E-state index is -0.258. The Kier molecular flexibility index (Phi) is 4.62. The Morgan fingerprint density at radius 2 is 2.05 bits per heavy atom. The van der Waals surface area contributed by atoms with Crippen molar-refractivity contribution in [3.63, 3.8) is 0 Å². The molecule has 0 radical (unpaired) electrons. The number of hydrogen-bond acceptors (Lipinski definition) is 3. The van der Waals surface area contributed by atoms with Crippen LogP contribution in [0.15, 0.2) is 42.7 Å². The van der Waals surface area contributed by atoms with Crippen LogP contribution in [0.3, 0.4) is 0 Å². The number of hydrogen-bond donors (Lipinski definition) is 2. The maximum absolute atomic E-state index is 12.0. The second kappa shape index (κ2) is 6.43. The molecule has 0 spiro atoms. The smallest absolute Gasteiger partial charge is 0.242 e. The van der Waals surface area contributed by atoms with E-state index in [1.54, 1.807) is 6.20 Å². The van der Waals surface area contributed by atoms with Crippen LogP contribution in [0.5, 0.6) is 0 Å². The molecule has 2 aromatic rings. The fourth-order valence-corrected chi connectivity index (χ4v) is 2.19. The van der Waals surface area contributed by atoms with Crippen molar-refractivity contribution >= 4 is 11.6 Å². The molecular formula is C16H22N4O. The Morgan fingerprint density at radius 3 is 2.67 bits per heavy atom. The van der Waals surface area contributed by atoms with Crippen LogP contribution in [0, 0.1) is 0 Å². The van der Waals surface area contributed by atoms with Crippen LogP contribution in [-0.4, -0.2) is 21.2 Å². The van der Waals surface area contributed by atoms with Crippen molar-refractivity contribution in [2.45, 2.75) is 38.8 Å². The third kappa shape index (κ3) is 4.95. The van der Waals surface area contributed by atoms with Crippen molar-refractivity contribution in [2.75, 3.05) is 5.73 Å². The highest BCUT2D eigenvalue weighted by Gasteiger charge is 2.20. The van der Waals surface area contributed by atoms with E-state index in [9.17, 15) is 4.79 Å². The van der Waals surface area contributed by atoms with Crippen LogP contribution in [0.25, 0.3) is 0 Å². The number of aromatic nitrogens is 2. The second-order valence-corrected chi connectivity index (χ2v) is 5.89. The largest absolute Gasteiger partial charge is 0.396 e. The van der Waals surface area contributed by atoms with E-state index in [-0.39, 0.29) is 18.0 Å². The molecule has 0 aliphatic carbocycles. The molecule has 0 atom stereocenters. The molecule has 5 heteroatoms. The zero-order valence-corrected chi connectivity index (χ0v) is 12.5. The maximum Gasteiger partial charge on any atom is 0.242 e. The number of rotatable bonds is 6. The van der Waals surface area contributed by atoms with E-state index in [0.29, 0.717) is 5.69 Å². The summed E-state index contributed by atoms with van der Waals surface area (Å²) >= 11 is 0. The minimum absolute atomic E-state index is 0.0591. The van der Waals surface area contributed by atoms with Gasteiger partial charge in [-0.3, -0.25) is 9.48 Å². The van der Waals surface area contributed by atoms with Crippen LogP contribution in [-0.2, 0) is 17.8 Å². The SMILES string of the molecule is CC(C)(CCc1ccccc1)NC(=O)Cn1cc(N)cn1. The number of nitrogens with one attached hydrogen (secondary N) is 1. The molecule has 1 amide bonds. The molecule has 3 N–H and O–H groups in total. The predicted molar refractivity (Wildman–Crippen MR) is 83.6 cm³/mol. The van der Waals surface area contributed by atoms with E-state index in [0.717, 1.165) is 12.8 Å². The molecule has 0 fully saturated rings. The summed E-state index contributed by atoms with van der Waals surface area (Å²) in [7, 11) is 0. The molecule has 1 aromatic heterocycles. The summed E-state index contributed by atoms with van der Waals surface area (Å²) in [4.78, 5) is 12.0. The Balaban J connectivity index is 1.83. The van der Waals surface area contributed by atoms with Crippen molar-refractivity contribution in [3.05, 3.63) is 48.3 Å². The fourth-order valence-electron chi connectivity index (χ4n) is 2.19. The number of nitrogens with zero attached hydrogens (tertiary/aromatic N) is 2. The van der Waals surface area contributed by atoms with Gasteiger partial charge in [-0.15, -0.1) is 0 Å². The van der Waals surface area contributed by atoms with Crippen molar-refractivity contribution in [2.24, 2.45) is 0 Å². The van der Waals surface area contributed by atoms with Crippen molar-refractivity contribution < 1.29 is 4.79 Å². The first-order valence-electron chi connectivity index (χ1n) is 7.07. The highest BCUT2D eigenvalue weighted by Crippen LogP contribution is 2.13. The van der Waals surface area contributed by atoms with E-state index in [1.165, 1.54) is 16.4 Å². The molecule has 0 bridgehead atoms. The lowest BCUT2D eigenvalue weighted by molar-refractivity contribution is -0.123. The van der Waals surface area contributed by atoms with E-state index in [1.807, 2.05) is 32.0 Å². The fraction of sp³-hybridized carbons (Fsp3) is 0.375. The summed E-state index contributed by atoms with van der Waals surface area (Å²) in [5.74, 6) is -0.0591. The lowest BCUT2D eigenvalue weighted by atomic mass is 9.95. The minimum Gasteiger partial charge on any atom is -0.396 e. The standard InChI is InChI=1S/C16H22N4O/c1-16(2,9-8-13-6-4-3-5-7-13)19-15(21)12-20-11-14(17)10-18-20/h3-7,10-11H,8-9,12,17H2,1-2H3,(H,19,21). The van der Waals surface area contributed by atoms with Gasteiger partial charge in [0.25, 0.3) is 0 Å². The number of amides is 1. The van der Waals surface area contributed by atoms with Crippen molar-refractivity contribution in [1.29, 1.82) is 0 Å². The van der Waals surface area contributed by atoms with E-state index < -0.39 is 0 Å². The molecule has 1 heterocycles. The Hall–Kier alpha value is -2.30. The number of aryl methyl sites for hydroxylation is 1. The maximum atomic E-state index is 12.0. The topological polar surface area (TPSA) is 72.9 Å². The van der Waals surface area contributed by atoms with Gasteiger partial charge in [0, 0.05) is 11.7 Å². The summed E-state index contributed by atoms with van der Waals surface area (Å²) in [6.45, 7) is 4.25. The Bertz CT molecular complexity index is 589. The van der Waals surface area contributed by atoms with Gasteiger partial charge in [0.15, 0.2) is 0 Å². The van der Waals surface area contributed by atoms with Crippen LogP contribution < -0.4 is 11.1 Å². The molecule has 112 valence electrons. The van der Waals surface area contributed by atoms with Gasteiger partial charge in [-0.2, -0.15) is 5.10 Å². The van der Waals surface area contributed by atoms with Crippen LogP contribution >= 0.6 is 0 Å². The zero-order valence-electron chi connectivity index (χ0n) is 12.5. The molecule has 0 saturated heterocycles. The van der Waals surface area contributed by atoms with Gasteiger partial charge in [0.2, 0.25) is 5.91 Å². The number of benzene rings is 1. The summed E-state index contributed by atoms with van der Waals surface area (Å²) in [5, 5.41) is 7.05. The van der Waals surface area contributed by atoms with Gasteiger partial charge < -0.3 is 11.1 Å². The summed E-state index contributed by atoms with van der Waals surface area (Å²) < 4.78 is 1.54. The third-order valence-electron chi connectivity index (χ3n) is 3.32. The van der Waals surface area contributed by atoms with Gasteiger partial charge >= 0.3 is 0 Å². The number of nitrogens with two attached hydrogens (primary N) is 1. The van der Waals surface area contributed by atoms with E-state index in [4.69, 9.17) is 5.73 Å². The predicted octanol–water partition coefficient (Wildman–Crippen LogP) is 1.99. The first-order chi connectivity index (χ1) is 9.94. The number of anilines is 1. The van der Waals surface area contributed by atoms with Crippen molar-refractivity contribution in [3.8, 4) is 0 Å². The number of nitrogen functional groups attached to an aromatic ring is 1. The average molecular weight is 286 g/mol. The van der Waals surface area contributed by atoms with Gasteiger partial charge in [-0.05, 0) is 32.3 Å². The second-order valence-electron chi connectivity index (χ2n) is 5.89. The van der Waals surface area contributed by atoms with Gasteiger partial charge in [-0.1, -0.05) is 30.3 Å². The summed E-state index contributed by atoms with van der Waals surface area (Å²) in [5.41, 5.74) is 7.16. The van der Waals surface area contributed by atoms with Gasteiger partial charge in [0.1, 0.15) is 6.54 Å². The van der Waals surface area contributed by atoms with Gasteiger partial charge in [0.05, 0.1) is 11.9 Å². The molecule has 1 aromatic carbocycles. The monoisotopic (exact) mass is 286 g/mol. The Morgan fingerprint density at radius 1 is 1.33 bits per heavy atom. The van der Waals surface area contributed by atoms with E-state index in [2.05, 4.69) is 22.5 Å². The van der Waals surface area contributed by atoms with Crippen molar-refractivity contribution in [1.82, 2.24) is 15.1 Å². The lowest BCUT2D eigenvalue weighted by Gasteiger charge is -2.26. The van der Waals surface area contributed by atoms with Gasteiger partial charge in [-0.25, -0.2) is 0 Å². The molecule has 2 rings (SSSR count). The van der Waals surface area contributed by atoms with E-state index >= 15 is 0 Å². The zero-order chi connectivity index (χ0) is 15.3. The summed E-state index contributed by atoms with van der Waals surface area (Å²) in [6.07, 6.45) is 5.00. The quantitative estimate of drug-likeness (QED) is 0.853. The van der Waals surface area contributed by atoms with Crippen LogP contribution in [0.1, 0.15) is 25.8 Å². The number of carbonyl (C=O) groups excluding carboxylic acids is 1. The molecule has 0 aliphatic rings. The van der Waals surface area contributed by atoms with Crippen LogP contribution in [0.4, 0.5) is 5.69 Å². The first kappa shape index (κ1) is 15.1. The summed E-state index contributed by atoms with van der Waals surface area (Å²) in [6, 6.07) is 10.3. The molecular weight excluding hydrogens is 264 g/mol. The highest BCUT2D eigenvalue weighted by molar-refractivity contribution is 5.76. The molecule has 0 saturated carbocycles.